The summed E-state index contributed by atoms with van der Waals surface area (Å²) in [5.41, 5.74) is 0.132. The number of rotatable bonds is 5. The Morgan fingerprint density at radius 2 is 1.83 bits per heavy atom. The number of hydrogen-bond acceptors (Lipinski definition) is 2. The number of carboxylic acids is 1. The van der Waals surface area contributed by atoms with E-state index in [2.05, 4.69) is 20.8 Å². The molecule has 0 radical (unpaired) electrons. The molecule has 4 heteroatoms. The van der Waals surface area contributed by atoms with Crippen molar-refractivity contribution in [3.05, 3.63) is 0 Å². The summed E-state index contributed by atoms with van der Waals surface area (Å²) in [5, 5.41) is 8.54. The number of unbranched alkanes of at least 4 members (excludes halogenated alkanes) is 1. The molecule has 0 spiro atoms. The molecular weight excluding hydrogens is 230 g/mol. The van der Waals surface area contributed by atoms with Crippen LogP contribution in [0.1, 0.15) is 59.3 Å². The summed E-state index contributed by atoms with van der Waals surface area (Å²) in [6.45, 7) is 7.38. The van der Waals surface area contributed by atoms with Crippen molar-refractivity contribution in [3.63, 3.8) is 0 Å². The van der Waals surface area contributed by atoms with E-state index in [1.165, 1.54) is 0 Å². The van der Waals surface area contributed by atoms with Crippen molar-refractivity contribution in [2.45, 2.75) is 65.3 Å². The van der Waals surface area contributed by atoms with Crippen molar-refractivity contribution in [1.29, 1.82) is 0 Å². The second-order valence-corrected chi connectivity index (χ2v) is 6.21. The zero-order valence-corrected chi connectivity index (χ0v) is 11.7. The largest absolute Gasteiger partial charge is 0.481 e. The van der Waals surface area contributed by atoms with Gasteiger partial charge in [0, 0.05) is 25.4 Å². The topological polar surface area (TPSA) is 57.6 Å². The molecule has 1 heterocycles. The van der Waals surface area contributed by atoms with Crippen molar-refractivity contribution in [3.8, 4) is 0 Å². The van der Waals surface area contributed by atoms with Crippen LogP contribution in [0.15, 0.2) is 0 Å². The van der Waals surface area contributed by atoms with Crippen LogP contribution < -0.4 is 0 Å². The first-order chi connectivity index (χ1) is 8.32. The number of carboxylic acid groups (broad SMARTS) is 1. The molecule has 0 bridgehead atoms. The first-order valence-corrected chi connectivity index (χ1v) is 6.83. The lowest BCUT2D eigenvalue weighted by molar-refractivity contribution is -0.138. The van der Waals surface area contributed by atoms with Crippen LogP contribution in [0.25, 0.3) is 0 Å². The molecule has 18 heavy (non-hydrogen) atoms. The molecule has 1 amide bonds. The van der Waals surface area contributed by atoms with Gasteiger partial charge >= 0.3 is 5.97 Å². The Bertz CT molecular complexity index is 307. The van der Waals surface area contributed by atoms with Gasteiger partial charge in [-0.1, -0.05) is 20.8 Å². The van der Waals surface area contributed by atoms with Crippen LogP contribution in [0, 0.1) is 5.41 Å². The fourth-order valence-corrected chi connectivity index (χ4v) is 2.66. The zero-order valence-electron chi connectivity index (χ0n) is 11.7. The lowest BCUT2D eigenvalue weighted by atomic mass is 9.85. The van der Waals surface area contributed by atoms with E-state index < -0.39 is 5.97 Å². The average Bonchev–Trinajstić information content (AvgIpc) is 2.72. The molecule has 0 aromatic rings. The summed E-state index contributed by atoms with van der Waals surface area (Å²) in [6.07, 6.45) is 4.09. The van der Waals surface area contributed by atoms with E-state index in [1.54, 1.807) is 0 Å². The number of carbonyl (C=O) groups is 2. The molecule has 1 N–H and O–H groups in total. The smallest absolute Gasteiger partial charge is 0.303 e. The molecule has 0 aromatic heterocycles. The van der Waals surface area contributed by atoms with Gasteiger partial charge < -0.3 is 10.0 Å². The second-order valence-electron chi connectivity index (χ2n) is 6.21. The number of carbonyl (C=O) groups excluding carboxylic acids is 1. The molecule has 104 valence electrons. The van der Waals surface area contributed by atoms with Crippen LogP contribution in [0.3, 0.4) is 0 Å². The lowest BCUT2D eigenvalue weighted by Crippen LogP contribution is -2.42. The molecule has 0 aromatic carbocycles. The maximum atomic E-state index is 12.1. The van der Waals surface area contributed by atoms with Gasteiger partial charge in [0.25, 0.3) is 0 Å². The third-order valence-corrected chi connectivity index (χ3v) is 3.60. The highest BCUT2D eigenvalue weighted by atomic mass is 16.4. The fourth-order valence-electron chi connectivity index (χ4n) is 2.66. The van der Waals surface area contributed by atoms with E-state index >= 15 is 0 Å². The fraction of sp³-hybridized carbons (Fsp3) is 0.857. The number of hydrogen-bond donors (Lipinski definition) is 1. The van der Waals surface area contributed by atoms with Crippen molar-refractivity contribution in [2.24, 2.45) is 5.41 Å². The van der Waals surface area contributed by atoms with Crippen LogP contribution >= 0.6 is 0 Å². The predicted molar refractivity (Wildman–Crippen MR) is 70.3 cm³/mol. The maximum Gasteiger partial charge on any atom is 0.303 e. The SMILES string of the molecule is CC(C)(C)C1CCCN1C(=O)CCCCC(=O)O. The van der Waals surface area contributed by atoms with E-state index in [0.717, 1.165) is 19.4 Å². The maximum absolute atomic E-state index is 12.1. The Hall–Kier alpha value is -1.06. The van der Waals surface area contributed by atoms with E-state index in [9.17, 15) is 9.59 Å². The summed E-state index contributed by atoms with van der Waals surface area (Å²) in [7, 11) is 0. The van der Waals surface area contributed by atoms with E-state index in [0.29, 0.717) is 25.3 Å². The van der Waals surface area contributed by atoms with E-state index in [-0.39, 0.29) is 17.7 Å². The normalized spacial score (nSPS) is 20.2. The van der Waals surface area contributed by atoms with Crippen molar-refractivity contribution in [2.75, 3.05) is 6.54 Å². The molecule has 1 saturated heterocycles. The Morgan fingerprint density at radius 1 is 1.22 bits per heavy atom. The average molecular weight is 255 g/mol. The molecule has 1 rings (SSSR count). The third-order valence-electron chi connectivity index (χ3n) is 3.60. The van der Waals surface area contributed by atoms with Gasteiger partial charge in [0.15, 0.2) is 0 Å². The van der Waals surface area contributed by atoms with E-state index in [1.807, 2.05) is 4.90 Å². The van der Waals surface area contributed by atoms with Gasteiger partial charge in [0.1, 0.15) is 0 Å². The molecule has 0 saturated carbocycles. The van der Waals surface area contributed by atoms with Gasteiger partial charge in [-0.25, -0.2) is 0 Å². The standard InChI is InChI=1S/C14H25NO3/c1-14(2,3)11-7-6-10-15(11)12(16)8-4-5-9-13(17)18/h11H,4-10H2,1-3H3,(H,17,18). The zero-order chi connectivity index (χ0) is 13.8. The number of aliphatic carboxylic acids is 1. The molecular formula is C14H25NO3. The van der Waals surface area contributed by atoms with Crippen LogP contribution in [0.2, 0.25) is 0 Å². The molecule has 1 atom stereocenters. The number of amides is 1. The first-order valence-electron chi connectivity index (χ1n) is 6.83. The van der Waals surface area contributed by atoms with Crippen molar-refractivity contribution < 1.29 is 14.7 Å². The minimum Gasteiger partial charge on any atom is -0.481 e. The highest BCUT2D eigenvalue weighted by Crippen LogP contribution is 2.33. The van der Waals surface area contributed by atoms with Crippen LogP contribution in [0.5, 0.6) is 0 Å². The highest BCUT2D eigenvalue weighted by molar-refractivity contribution is 5.77. The third kappa shape index (κ3) is 4.31. The van der Waals surface area contributed by atoms with Gasteiger partial charge in [0.05, 0.1) is 0 Å². The Labute approximate surface area is 109 Å². The molecule has 0 aliphatic carbocycles. The first kappa shape index (κ1) is 15.0. The summed E-state index contributed by atoms with van der Waals surface area (Å²) in [4.78, 5) is 24.5. The highest BCUT2D eigenvalue weighted by Gasteiger charge is 2.36. The van der Waals surface area contributed by atoms with Gasteiger partial charge in [-0.2, -0.15) is 0 Å². The summed E-state index contributed by atoms with van der Waals surface area (Å²) in [6, 6.07) is 0.337. The Morgan fingerprint density at radius 3 is 2.39 bits per heavy atom. The van der Waals surface area contributed by atoms with Crippen molar-refractivity contribution >= 4 is 11.9 Å². The van der Waals surface area contributed by atoms with E-state index in [4.69, 9.17) is 5.11 Å². The summed E-state index contributed by atoms with van der Waals surface area (Å²) in [5.74, 6) is -0.589. The van der Waals surface area contributed by atoms with Crippen molar-refractivity contribution in [1.82, 2.24) is 4.90 Å². The Kier molecular flexibility index (Phi) is 5.17. The number of nitrogens with zero attached hydrogens (tertiary/aromatic N) is 1. The quantitative estimate of drug-likeness (QED) is 0.768. The summed E-state index contributed by atoms with van der Waals surface area (Å²) >= 11 is 0. The molecule has 1 aliphatic rings. The molecule has 4 nitrogen and oxygen atoms in total. The van der Waals surface area contributed by atoms with Crippen LogP contribution in [-0.2, 0) is 9.59 Å². The van der Waals surface area contributed by atoms with Gasteiger partial charge in [-0.05, 0) is 31.1 Å². The molecule has 1 fully saturated rings. The van der Waals surface area contributed by atoms with Gasteiger partial charge in [-0.3, -0.25) is 9.59 Å². The molecule has 1 unspecified atom stereocenters. The number of likely N-dealkylation sites (tertiary alicyclic amines) is 1. The van der Waals surface area contributed by atoms with Crippen LogP contribution in [-0.4, -0.2) is 34.5 Å². The minimum atomic E-state index is -0.781. The van der Waals surface area contributed by atoms with Gasteiger partial charge in [0.2, 0.25) is 5.91 Å². The Balaban J connectivity index is 2.39. The molecule has 1 aliphatic heterocycles. The summed E-state index contributed by atoms with van der Waals surface area (Å²) < 4.78 is 0. The second kappa shape index (κ2) is 6.21. The predicted octanol–water partition coefficient (Wildman–Crippen LogP) is 2.67. The monoisotopic (exact) mass is 255 g/mol. The lowest BCUT2D eigenvalue weighted by Gasteiger charge is -2.35. The minimum absolute atomic E-state index is 0.132. The van der Waals surface area contributed by atoms with Gasteiger partial charge in [-0.15, -0.1) is 0 Å². The van der Waals surface area contributed by atoms with Crippen LogP contribution in [0.4, 0.5) is 0 Å².